The molecule has 0 aliphatic heterocycles. The number of carbonyl (C=O) groups is 1. The molecule has 13 heteroatoms. The van der Waals surface area contributed by atoms with E-state index in [1.54, 1.807) is 21.1 Å². The first kappa shape index (κ1) is 24.1. The molecule has 0 fully saturated rings. The first-order chi connectivity index (χ1) is 11.3. The highest BCUT2D eigenvalue weighted by atomic mass is 32.2. The monoisotopic (exact) mass is 411 g/mol. The molecule has 0 N–H and O–H groups in total. The average Bonchev–Trinajstić information content (AvgIpc) is 2.42. The lowest BCUT2D eigenvalue weighted by molar-refractivity contribution is -0.138. The van der Waals surface area contributed by atoms with Gasteiger partial charge < -0.3 is 9.29 Å². The molecule has 0 atom stereocenters. The van der Waals surface area contributed by atoms with Crippen LogP contribution in [0.4, 0.5) is 32.0 Å². The summed E-state index contributed by atoms with van der Waals surface area (Å²) in [5.41, 5.74) is -6.50. The Labute approximate surface area is 145 Å². The van der Waals surface area contributed by atoms with Crippen LogP contribution in [0.1, 0.15) is 15.9 Å². The van der Waals surface area contributed by atoms with Gasteiger partial charge in [0.1, 0.15) is 5.69 Å². The van der Waals surface area contributed by atoms with Crippen molar-refractivity contribution < 1.29 is 48.8 Å². The third-order valence-corrected chi connectivity index (χ3v) is 3.34. The molecule has 1 rings (SSSR count). The lowest BCUT2D eigenvalue weighted by atomic mass is 10.1. The van der Waals surface area contributed by atoms with Crippen LogP contribution in [0.5, 0.6) is 0 Å². The average molecular weight is 411 g/mol. The molecule has 0 saturated carbocycles. The van der Waals surface area contributed by atoms with Crippen molar-refractivity contribution in [2.45, 2.75) is 11.7 Å². The summed E-state index contributed by atoms with van der Waals surface area (Å²) in [6.07, 6.45) is -4.58. The zero-order valence-electron chi connectivity index (χ0n) is 13.9. The molecular weight excluding hydrogens is 396 g/mol. The van der Waals surface area contributed by atoms with Gasteiger partial charge in [0.05, 0.1) is 39.4 Å². The van der Waals surface area contributed by atoms with E-state index in [2.05, 4.69) is 4.74 Å². The molecule has 0 bridgehead atoms. The Morgan fingerprint density at radius 1 is 1.08 bits per heavy atom. The van der Waals surface area contributed by atoms with Gasteiger partial charge in [0, 0.05) is 6.07 Å². The van der Waals surface area contributed by atoms with Gasteiger partial charge in [0.2, 0.25) is 0 Å². The third kappa shape index (κ3) is 6.80. The maximum absolute atomic E-state index is 12.8. The standard InChI is InChI=1S/C12H15F3NO2.CHF3O3S/c1-16(2,3)8-5-6-10(12(13,14)15)9(7-8)11(17)18-4;2-1(3,4)8(5,6)7/h5-7H,1-4H3;(H,5,6,7)/q+1;/p-1. The molecule has 0 amide bonds. The maximum Gasteiger partial charge on any atom is 0.485 e. The summed E-state index contributed by atoms with van der Waals surface area (Å²) in [6.45, 7) is 0. The lowest BCUT2D eigenvalue weighted by Gasteiger charge is -2.24. The van der Waals surface area contributed by atoms with Crippen LogP contribution in [-0.2, 0) is 21.0 Å². The quantitative estimate of drug-likeness (QED) is 0.246. The van der Waals surface area contributed by atoms with E-state index >= 15 is 0 Å². The van der Waals surface area contributed by atoms with Crippen LogP contribution in [0, 0.1) is 0 Å². The Morgan fingerprint density at radius 3 is 1.77 bits per heavy atom. The van der Waals surface area contributed by atoms with E-state index in [0.29, 0.717) is 10.2 Å². The number of nitrogens with zero attached hydrogens (tertiary/aromatic N) is 1. The summed E-state index contributed by atoms with van der Waals surface area (Å²) < 4.78 is 102. The fourth-order valence-electron chi connectivity index (χ4n) is 1.48. The van der Waals surface area contributed by atoms with E-state index in [9.17, 15) is 31.1 Å². The van der Waals surface area contributed by atoms with E-state index in [4.69, 9.17) is 13.0 Å². The van der Waals surface area contributed by atoms with Crippen LogP contribution in [0.2, 0.25) is 0 Å². The number of ether oxygens (including phenoxy) is 1. The second kappa shape index (κ2) is 7.80. The minimum absolute atomic E-state index is 0.308. The molecule has 0 saturated heterocycles. The topological polar surface area (TPSA) is 83.5 Å². The zero-order valence-corrected chi connectivity index (χ0v) is 14.7. The van der Waals surface area contributed by atoms with Crippen LogP contribution in [-0.4, -0.2) is 52.7 Å². The Balaban J connectivity index is 0.000000660. The molecule has 1 aromatic rings. The summed E-state index contributed by atoms with van der Waals surface area (Å²) in [5.74, 6) is -0.988. The highest BCUT2D eigenvalue weighted by Crippen LogP contribution is 2.34. The molecule has 0 aromatic heterocycles. The predicted molar refractivity (Wildman–Crippen MR) is 78.1 cm³/mol. The third-order valence-electron chi connectivity index (χ3n) is 2.77. The smallest absolute Gasteiger partial charge is 0.485 e. The van der Waals surface area contributed by atoms with Gasteiger partial charge in [-0.1, -0.05) is 0 Å². The largest absolute Gasteiger partial charge is 0.741 e. The number of methoxy groups -OCH3 is 1. The Kier molecular flexibility index (Phi) is 7.24. The van der Waals surface area contributed by atoms with Crippen molar-refractivity contribution >= 4 is 21.8 Å². The fourth-order valence-corrected chi connectivity index (χ4v) is 1.48. The summed E-state index contributed by atoms with van der Waals surface area (Å²) in [6, 6.07) is 3.48. The van der Waals surface area contributed by atoms with Gasteiger partial charge in [-0.25, -0.2) is 13.2 Å². The fraction of sp³-hybridized carbons (Fsp3) is 0.462. The van der Waals surface area contributed by atoms with Crippen LogP contribution in [0.25, 0.3) is 0 Å². The lowest BCUT2D eigenvalue weighted by Crippen LogP contribution is -2.35. The number of alkyl halides is 6. The first-order valence-electron chi connectivity index (χ1n) is 6.46. The van der Waals surface area contributed by atoms with Gasteiger partial charge in [-0.3, -0.25) is 4.48 Å². The van der Waals surface area contributed by atoms with Crippen molar-refractivity contribution in [1.82, 2.24) is 4.48 Å². The minimum atomic E-state index is -6.09. The van der Waals surface area contributed by atoms with Crippen LogP contribution < -0.4 is 4.48 Å². The van der Waals surface area contributed by atoms with Crippen LogP contribution in [0.3, 0.4) is 0 Å². The molecule has 0 spiro atoms. The van der Waals surface area contributed by atoms with Gasteiger partial charge >= 0.3 is 17.7 Å². The Bertz CT molecular complexity index is 750. The Morgan fingerprint density at radius 2 is 1.50 bits per heavy atom. The molecule has 0 aliphatic rings. The number of hydrogen-bond donors (Lipinski definition) is 0. The molecule has 0 heterocycles. The minimum Gasteiger partial charge on any atom is -0.741 e. The number of hydrogen-bond acceptors (Lipinski definition) is 5. The van der Waals surface area contributed by atoms with Gasteiger partial charge in [-0.2, -0.15) is 26.3 Å². The molecule has 1 aromatic carbocycles. The molecule has 0 unspecified atom stereocenters. The molecule has 0 aliphatic carbocycles. The summed E-state index contributed by atoms with van der Waals surface area (Å²) in [7, 11) is 0.352. The van der Waals surface area contributed by atoms with Crippen molar-refractivity contribution in [1.29, 1.82) is 0 Å². The first-order valence-corrected chi connectivity index (χ1v) is 7.87. The van der Waals surface area contributed by atoms with Crippen LogP contribution in [0.15, 0.2) is 18.2 Å². The Hall–Kier alpha value is -1.86. The number of rotatable bonds is 2. The van der Waals surface area contributed by atoms with E-state index < -0.39 is 38.9 Å². The van der Waals surface area contributed by atoms with E-state index in [1.165, 1.54) is 12.1 Å². The number of halogens is 6. The number of quaternary nitrogens is 1. The van der Waals surface area contributed by atoms with Crippen LogP contribution >= 0.6 is 0 Å². The molecule has 26 heavy (non-hydrogen) atoms. The number of esters is 1. The predicted octanol–water partition coefficient (Wildman–Crippen LogP) is 2.74. The second-order valence-electron chi connectivity index (χ2n) is 5.63. The normalized spacial score (nSPS) is 12.9. The highest BCUT2D eigenvalue weighted by Gasteiger charge is 2.37. The van der Waals surface area contributed by atoms with Crippen molar-refractivity contribution in [2.75, 3.05) is 28.3 Å². The van der Waals surface area contributed by atoms with Crippen molar-refractivity contribution in [2.24, 2.45) is 0 Å². The number of benzene rings is 1. The number of carbonyl (C=O) groups excluding carboxylic acids is 1. The molecule has 6 nitrogen and oxygen atoms in total. The van der Waals surface area contributed by atoms with Gasteiger partial charge in [0.25, 0.3) is 0 Å². The zero-order chi connectivity index (χ0) is 21.1. The van der Waals surface area contributed by atoms with Crippen molar-refractivity contribution in [3.05, 3.63) is 29.3 Å². The molecule has 0 radical (unpaired) electrons. The highest BCUT2D eigenvalue weighted by molar-refractivity contribution is 7.86. The maximum atomic E-state index is 12.8. The van der Waals surface area contributed by atoms with Crippen molar-refractivity contribution in [3.8, 4) is 0 Å². The summed E-state index contributed by atoms with van der Waals surface area (Å²) in [4.78, 5) is 11.4. The molecule has 150 valence electrons. The van der Waals surface area contributed by atoms with Crippen molar-refractivity contribution in [3.63, 3.8) is 0 Å². The van der Waals surface area contributed by atoms with E-state index in [0.717, 1.165) is 13.2 Å². The van der Waals surface area contributed by atoms with Gasteiger partial charge in [-0.05, 0) is 12.1 Å². The SMILES string of the molecule is COC(=O)c1cc([N+](C)(C)C)ccc1C(F)(F)F.O=S(=O)([O-])C(F)(F)F. The van der Waals surface area contributed by atoms with Gasteiger partial charge in [0.15, 0.2) is 10.1 Å². The summed E-state index contributed by atoms with van der Waals surface area (Å²) in [5, 5.41) is 0. The second-order valence-corrected chi connectivity index (χ2v) is 7.00. The van der Waals surface area contributed by atoms with E-state index in [1.807, 2.05) is 0 Å². The summed E-state index contributed by atoms with van der Waals surface area (Å²) >= 11 is 0. The van der Waals surface area contributed by atoms with Gasteiger partial charge in [-0.15, -0.1) is 0 Å². The molecular formula is C13H15F6NO5S. The van der Waals surface area contributed by atoms with E-state index in [-0.39, 0.29) is 0 Å².